The number of benzene rings is 1. The minimum atomic E-state index is 0.0568. The van der Waals surface area contributed by atoms with Crippen LogP contribution in [0, 0.1) is 11.8 Å². The molecule has 1 aromatic carbocycles. The lowest BCUT2D eigenvalue weighted by molar-refractivity contribution is 0.146. The zero-order valence-electron chi connectivity index (χ0n) is 11.5. The maximum atomic E-state index is 12.1. The highest BCUT2D eigenvalue weighted by molar-refractivity contribution is 9.10. The van der Waals surface area contributed by atoms with E-state index in [1.807, 2.05) is 29.2 Å². The lowest BCUT2D eigenvalue weighted by Gasteiger charge is -2.34. The van der Waals surface area contributed by atoms with E-state index in [0.29, 0.717) is 18.4 Å². The van der Waals surface area contributed by atoms with Crippen LogP contribution >= 0.6 is 15.9 Å². The molecule has 2 amide bonds. The number of carbonyl (C=O) groups is 1. The Morgan fingerprint density at radius 3 is 2.42 bits per heavy atom. The van der Waals surface area contributed by atoms with E-state index in [0.717, 1.165) is 23.1 Å². The van der Waals surface area contributed by atoms with Gasteiger partial charge < -0.3 is 10.2 Å². The zero-order chi connectivity index (χ0) is 13.8. The average Bonchev–Trinajstić information content (AvgIpc) is 2.36. The molecule has 1 aliphatic rings. The number of nitrogens with zero attached hydrogens (tertiary/aromatic N) is 1. The molecule has 2 atom stereocenters. The van der Waals surface area contributed by atoms with E-state index in [2.05, 4.69) is 35.1 Å². The first-order valence-electron chi connectivity index (χ1n) is 6.82. The number of halogens is 1. The minimum Gasteiger partial charge on any atom is -0.334 e. The van der Waals surface area contributed by atoms with E-state index >= 15 is 0 Å². The fraction of sp³-hybridized carbons (Fsp3) is 0.533. The SMILES string of the molecule is CC1CC(C)CN(C(=O)NCc2ccc(Br)cc2)C1. The van der Waals surface area contributed by atoms with Gasteiger partial charge in [0.2, 0.25) is 0 Å². The highest BCUT2D eigenvalue weighted by Crippen LogP contribution is 2.20. The second-order valence-corrected chi connectivity index (χ2v) is 6.55. The van der Waals surface area contributed by atoms with Gasteiger partial charge in [0.25, 0.3) is 0 Å². The monoisotopic (exact) mass is 324 g/mol. The smallest absolute Gasteiger partial charge is 0.317 e. The van der Waals surface area contributed by atoms with Gasteiger partial charge in [-0.2, -0.15) is 0 Å². The summed E-state index contributed by atoms with van der Waals surface area (Å²) in [6.07, 6.45) is 1.22. The Bertz CT molecular complexity index is 422. The standard InChI is InChI=1S/C15H21BrN2O/c1-11-7-12(2)10-18(9-11)15(19)17-8-13-3-5-14(16)6-4-13/h3-6,11-12H,7-10H2,1-2H3,(H,17,19). The van der Waals surface area contributed by atoms with Gasteiger partial charge >= 0.3 is 6.03 Å². The molecule has 1 heterocycles. The Morgan fingerprint density at radius 2 is 1.84 bits per heavy atom. The molecule has 0 aliphatic carbocycles. The molecule has 0 spiro atoms. The lowest BCUT2D eigenvalue weighted by Crippen LogP contribution is -2.47. The Balaban J connectivity index is 1.85. The predicted molar refractivity (Wildman–Crippen MR) is 80.9 cm³/mol. The molecule has 19 heavy (non-hydrogen) atoms. The van der Waals surface area contributed by atoms with Crippen molar-refractivity contribution in [2.45, 2.75) is 26.8 Å². The van der Waals surface area contributed by atoms with Crippen LogP contribution in [0.15, 0.2) is 28.7 Å². The van der Waals surface area contributed by atoms with Crippen molar-refractivity contribution in [1.29, 1.82) is 0 Å². The van der Waals surface area contributed by atoms with Gasteiger partial charge in [-0.25, -0.2) is 4.79 Å². The Hall–Kier alpha value is -1.03. The first-order valence-corrected chi connectivity index (χ1v) is 7.61. The predicted octanol–water partition coefficient (Wildman–Crippen LogP) is 3.64. The highest BCUT2D eigenvalue weighted by atomic mass is 79.9. The normalized spacial score (nSPS) is 23.2. The third-order valence-electron chi connectivity index (χ3n) is 3.51. The average molecular weight is 325 g/mol. The lowest BCUT2D eigenvalue weighted by atomic mass is 9.92. The van der Waals surface area contributed by atoms with Gasteiger partial charge in [-0.1, -0.05) is 41.9 Å². The van der Waals surface area contributed by atoms with Gasteiger partial charge in [0.1, 0.15) is 0 Å². The summed E-state index contributed by atoms with van der Waals surface area (Å²) in [5.41, 5.74) is 1.12. The maximum absolute atomic E-state index is 12.1. The summed E-state index contributed by atoms with van der Waals surface area (Å²) in [5.74, 6) is 1.20. The molecule has 4 heteroatoms. The summed E-state index contributed by atoms with van der Waals surface area (Å²) in [5, 5.41) is 3.00. The van der Waals surface area contributed by atoms with Crippen LogP contribution in [-0.2, 0) is 6.54 Å². The molecule has 1 fully saturated rings. The second-order valence-electron chi connectivity index (χ2n) is 5.64. The van der Waals surface area contributed by atoms with Gasteiger partial charge in [0, 0.05) is 24.1 Å². The Morgan fingerprint density at radius 1 is 1.26 bits per heavy atom. The number of hydrogen-bond acceptors (Lipinski definition) is 1. The number of amides is 2. The maximum Gasteiger partial charge on any atom is 0.317 e. The quantitative estimate of drug-likeness (QED) is 0.885. The van der Waals surface area contributed by atoms with Gasteiger partial charge in [-0.15, -0.1) is 0 Å². The van der Waals surface area contributed by atoms with Crippen LogP contribution in [0.25, 0.3) is 0 Å². The van der Waals surface area contributed by atoms with Crippen LogP contribution in [0.2, 0.25) is 0 Å². The first-order chi connectivity index (χ1) is 9.04. The minimum absolute atomic E-state index is 0.0568. The zero-order valence-corrected chi connectivity index (χ0v) is 13.1. The van der Waals surface area contributed by atoms with Crippen LogP contribution in [0.5, 0.6) is 0 Å². The number of nitrogens with one attached hydrogen (secondary N) is 1. The summed E-state index contributed by atoms with van der Waals surface area (Å²) < 4.78 is 1.06. The first kappa shape index (κ1) is 14.4. The molecule has 1 aromatic rings. The van der Waals surface area contributed by atoms with Crippen LogP contribution in [-0.4, -0.2) is 24.0 Å². The third-order valence-corrected chi connectivity index (χ3v) is 4.04. The number of carbonyl (C=O) groups excluding carboxylic acids is 1. The van der Waals surface area contributed by atoms with Crippen molar-refractivity contribution in [3.05, 3.63) is 34.3 Å². The topological polar surface area (TPSA) is 32.3 Å². The van der Waals surface area contributed by atoms with Crippen molar-refractivity contribution in [3.8, 4) is 0 Å². The molecule has 0 radical (unpaired) electrons. The summed E-state index contributed by atoms with van der Waals surface area (Å²) >= 11 is 3.41. The van der Waals surface area contributed by atoms with E-state index in [4.69, 9.17) is 0 Å². The van der Waals surface area contributed by atoms with E-state index in [1.54, 1.807) is 0 Å². The van der Waals surface area contributed by atoms with Crippen LogP contribution in [0.1, 0.15) is 25.8 Å². The van der Waals surface area contributed by atoms with Crippen molar-refractivity contribution >= 4 is 22.0 Å². The fourth-order valence-corrected chi connectivity index (χ4v) is 2.98. The van der Waals surface area contributed by atoms with E-state index in [1.165, 1.54) is 6.42 Å². The molecule has 3 nitrogen and oxygen atoms in total. The summed E-state index contributed by atoms with van der Waals surface area (Å²) in [4.78, 5) is 14.1. The van der Waals surface area contributed by atoms with Crippen LogP contribution in [0.3, 0.4) is 0 Å². The molecule has 2 rings (SSSR count). The number of hydrogen-bond donors (Lipinski definition) is 1. The molecule has 104 valence electrons. The summed E-state index contributed by atoms with van der Waals surface area (Å²) in [7, 11) is 0. The van der Waals surface area contributed by atoms with E-state index in [9.17, 15) is 4.79 Å². The number of urea groups is 1. The largest absolute Gasteiger partial charge is 0.334 e. The molecule has 0 aromatic heterocycles. The van der Waals surface area contributed by atoms with Gasteiger partial charge in [0.05, 0.1) is 0 Å². The molecule has 2 unspecified atom stereocenters. The molecule has 1 saturated heterocycles. The molecule has 0 saturated carbocycles. The van der Waals surface area contributed by atoms with Crippen LogP contribution < -0.4 is 5.32 Å². The molecule has 1 N–H and O–H groups in total. The van der Waals surface area contributed by atoms with Gasteiger partial charge in [0.15, 0.2) is 0 Å². The Kier molecular flexibility index (Phi) is 4.86. The molecular weight excluding hydrogens is 304 g/mol. The van der Waals surface area contributed by atoms with Crippen molar-refractivity contribution < 1.29 is 4.79 Å². The van der Waals surface area contributed by atoms with Gasteiger partial charge in [-0.3, -0.25) is 0 Å². The fourth-order valence-electron chi connectivity index (χ4n) is 2.72. The van der Waals surface area contributed by atoms with E-state index < -0.39 is 0 Å². The summed E-state index contributed by atoms with van der Waals surface area (Å²) in [6, 6.07) is 8.08. The van der Waals surface area contributed by atoms with Crippen molar-refractivity contribution in [2.75, 3.05) is 13.1 Å². The van der Waals surface area contributed by atoms with Crippen molar-refractivity contribution in [2.24, 2.45) is 11.8 Å². The molecular formula is C15H21BrN2O. The van der Waals surface area contributed by atoms with Crippen molar-refractivity contribution in [1.82, 2.24) is 10.2 Å². The molecule has 0 bridgehead atoms. The number of likely N-dealkylation sites (tertiary alicyclic amines) is 1. The summed E-state index contributed by atoms with van der Waals surface area (Å²) in [6.45, 7) is 6.76. The van der Waals surface area contributed by atoms with Crippen molar-refractivity contribution in [3.63, 3.8) is 0 Å². The second kappa shape index (κ2) is 6.42. The highest BCUT2D eigenvalue weighted by Gasteiger charge is 2.24. The Labute approximate surface area is 123 Å². The van der Waals surface area contributed by atoms with E-state index in [-0.39, 0.29) is 6.03 Å². The third kappa shape index (κ3) is 4.23. The van der Waals surface area contributed by atoms with Gasteiger partial charge in [-0.05, 0) is 36.0 Å². The number of piperidine rings is 1. The van der Waals surface area contributed by atoms with Crippen LogP contribution in [0.4, 0.5) is 4.79 Å². The molecule has 1 aliphatic heterocycles. The number of rotatable bonds is 2.